The van der Waals surface area contributed by atoms with Gasteiger partial charge in [0.1, 0.15) is 0 Å². The summed E-state index contributed by atoms with van der Waals surface area (Å²) in [5.41, 5.74) is 2.76. The van der Waals surface area contributed by atoms with E-state index in [0.717, 1.165) is 30.7 Å². The summed E-state index contributed by atoms with van der Waals surface area (Å²) >= 11 is 6.06. The summed E-state index contributed by atoms with van der Waals surface area (Å²) in [6, 6.07) is 19.9. The predicted molar refractivity (Wildman–Crippen MR) is 112 cm³/mol. The van der Waals surface area contributed by atoms with Crippen molar-refractivity contribution in [2.75, 3.05) is 26.7 Å². The molecule has 26 heavy (non-hydrogen) atoms. The molecule has 0 spiro atoms. The third-order valence-corrected chi connectivity index (χ3v) is 5.92. The van der Waals surface area contributed by atoms with Crippen molar-refractivity contribution < 1.29 is 0 Å². The van der Waals surface area contributed by atoms with E-state index in [1.54, 1.807) is 0 Å². The Morgan fingerprint density at radius 1 is 1.12 bits per heavy atom. The van der Waals surface area contributed by atoms with Crippen LogP contribution in [0.3, 0.4) is 0 Å². The second kappa shape index (κ2) is 9.55. The van der Waals surface area contributed by atoms with E-state index in [-0.39, 0.29) is 0 Å². The second-order valence-electron chi connectivity index (χ2n) is 7.74. The predicted octanol–water partition coefficient (Wildman–Crippen LogP) is 5.43. The van der Waals surface area contributed by atoms with Gasteiger partial charge in [0.2, 0.25) is 0 Å². The molecule has 0 saturated carbocycles. The van der Waals surface area contributed by atoms with Crippen LogP contribution in [-0.4, -0.2) is 42.5 Å². The van der Waals surface area contributed by atoms with Gasteiger partial charge in [0, 0.05) is 24.2 Å². The van der Waals surface area contributed by atoms with Crippen LogP contribution < -0.4 is 0 Å². The fourth-order valence-corrected chi connectivity index (χ4v) is 4.16. The Kier molecular flexibility index (Phi) is 7.13. The number of rotatable bonds is 8. The van der Waals surface area contributed by atoms with Gasteiger partial charge >= 0.3 is 0 Å². The van der Waals surface area contributed by atoms with Gasteiger partial charge in [-0.15, -0.1) is 0 Å². The highest BCUT2D eigenvalue weighted by atomic mass is 35.5. The van der Waals surface area contributed by atoms with Crippen molar-refractivity contribution in [3.63, 3.8) is 0 Å². The van der Waals surface area contributed by atoms with Crippen LogP contribution in [-0.2, 0) is 6.54 Å². The van der Waals surface area contributed by atoms with Gasteiger partial charge < -0.3 is 4.90 Å². The van der Waals surface area contributed by atoms with Gasteiger partial charge in [-0.05, 0) is 68.6 Å². The van der Waals surface area contributed by atoms with Crippen LogP contribution in [0.1, 0.15) is 43.2 Å². The number of halogens is 1. The molecule has 0 radical (unpaired) electrons. The molecule has 2 atom stereocenters. The zero-order valence-corrected chi connectivity index (χ0v) is 16.8. The van der Waals surface area contributed by atoms with E-state index in [1.807, 2.05) is 12.1 Å². The maximum absolute atomic E-state index is 6.06. The first-order chi connectivity index (χ1) is 12.6. The first-order valence-electron chi connectivity index (χ1n) is 9.84. The summed E-state index contributed by atoms with van der Waals surface area (Å²) in [6.07, 6.45) is 3.95. The lowest BCUT2D eigenvalue weighted by Crippen LogP contribution is -2.33. The Morgan fingerprint density at radius 3 is 2.50 bits per heavy atom. The molecular formula is C23H31ClN2. The summed E-state index contributed by atoms with van der Waals surface area (Å²) in [4.78, 5) is 5.15. The Morgan fingerprint density at radius 2 is 1.85 bits per heavy atom. The summed E-state index contributed by atoms with van der Waals surface area (Å²) in [6.45, 7) is 6.82. The molecule has 2 nitrogen and oxygen atoms in total. The maximum Gasteiger partial charge on any atom is 0.0406 e. The number of hydrogen-bond acceptors (Lipinski definition) is 2. The van der Waals surface area contributed by atoms with Crippen molar-refractivity contribution >= 4 is 11.6 Å². The van der Waals surface area contributed by atoms with Crippen molar-refractivity contribution in [3.8, 4) is 0 Å². The van der Waals surface area contributed by atoms with E-state index in [2.05, 4.69) is 66.2 Å². The highest BCUT2D eigenvalue weighted by Crippen LogP contribution is 2.22. The van der Waals surface area contributed by atoms with E-state index in [4.69, 9.17) is 11.6 Å². The lowest BCUT2D eigenvalue weighted by Gasteiger charge is -2.29. The Bertz CT molecular complexity index is 656. The average Bonchev–Trinajstić information content (AvgIpc) is 3.07. The van der Waals surface area contributed by atoms with Crippen molar-refractivity contribution in [2.24, 2.45) is 0 Å². The maximum atomic E-state index is 6.06. The molecule has 2 aromatic rings. The molecule has 2 aromatic carbocycles. The third-order valence-electron chi connectivity index (χ3n) is 5.67. The molecule has 3 rings (SSSR count). The summed E-state index contributed by atoms with van der Waals surface area (Å²) < 4.78 is 0. The second-order valence-corrected chi connectivity index (χ2v) is 8.18. The van der Waals surface area contributed by atoms with Crippen LogP contribution in [0.4, 0.5) is 0 Å². The zero-order valence-electron chi connectivity index (χ0n) is 16.1. The third kappa shape index (κ3) is 5.57. The normalized spacial score (nSPS) is 19.2. The minimum absolute atomic E-state index is 0.532. The molecule has 0 unspecified atom stereocenters. The lowest BCUT2D eigenvalue weighted by atomic mass is 10.00. The summed E-state index contributed by atoms with van der Waals surface area (Å²) in [5.74, 6) is 0.532. The molecule has 0 aromatic heterocycles. The van der Waals surface area contributed by atoms with Gasteiger partial charge in [0.05, 0.1) is 0 Å². The number of hydrogen-bond donors (Lipinski definition) is 0. The minimum atomic E-state index is 0.532. The van der Waals surface area contributed by atoms with Gasteiger partial charge in [-0.25, -0.2) is 0 Å². The first kappa shape index (κ1) is 19.4. The largest absolute Gasteiger partial charge is 0.303 e. The van der Waals surface area contributed by atoms with Crippen LogP contribution in [0.15, 0.2) is 54.6 Å². The number of likely N-dealkylation sites (tertiary alicyclic amines) is 1. The van der Waals surface area contributed by atoms with E-state index >= 15 is 0 Å². The Hall–Kier alpha value is -1.35. The fraction of sp³-hybridized carbons (Fsp3) is 0.478. The van der Waals surface area contributed by atoms with Crippen molar-refractivity contribution in [3.05, 3.63) is 70.7 Å². The van der Waals surface area contributed by atoms with Crippen molar-refractivity contribution in [2.45, 2.75) is 44.7 Å². The van der Waals surface area contributed by atoms with E-state index in [9.17, 15) is 0 Å². The molecule has 1 saturated heterocycles. The molecule has 1 fully saturated rings. The SMILES string of the molecule is C[C@H](CN(CC[C@@H]1CCCN1C)Cc1ccc(Cl)cc1)c1ccccc1. The average molecular weight is 371 g/mol. The molecule has 1 aliphatic heterocycles. The Balaban J connectivity index is 1.64. The van der Waals surface area contributed by atoms with Crippen molar-refractivity contribution in [1.29, 1.82) is 0 Å². The monoisotopic (exact) mass is 370 g/mol. The minimum Gasteiger partial charge on any atom is -0.303 e. The van der Waals surface area contributed by atoms with Crippen LogP contribution in [0.2, 0.25) is 5.02 Å². The highest BCUT2D eigenvalue weighted by molar-refractivity contribution is 6.30. The zero-order chi connectivity index (χ0) is 18.4. The van der Waals surface area contributed by atoms with Crippen LogP contribution in [0, 0.1) is 0 Å². The number of nitrogens with zero attached hydrogens (tertiary/aromatic N) is 2. The molecule has 1 heterocycles. The molecular weight excluding hydrogens is 340 g/mol. The summed E-state index contributed by atoms with van der Waals surface area (Å²) in [5, 5.41) is 0.811. The Labute approximate surface area is 163 Å². The van der Waals surface area contributed by atoms with Gasteiger partial charge in [-0.1, -0.05) is 61.0 Å². The topological polar surface area (TPSA) is 6.48 Å². The van der Waals surface area contributed by atoms with E-state index < -0.39 is 0 Å². The van der Waals surface area contributed by atoms with Gasteiger partial charge in [0.25, 0.3) is 0 Å². The van der Waals surface area contributed by atoms with Gasteiger partial charge in [-0.3, -0.25) is 4.90 Å². The molecule has 140 valence electrons. The molecule has 0 aliphatic carbocycles. The molecule has 3 heteroatoms. The van der Waals surface area contributed by atoms with Crippen LogP contribution >= 0.6 is 11.6 Å². The molecule has 0 N–H and O–H groups in total. The van der Waals surface area contributed by atoms with E-state index in [1.165, 1.54) is 36.9 Å². The van der Waals surface area contributed by atoms with Crippen LogP contribution in [0.5, 0.6) is 0 Å². The standard InChI is InChI=1S/C23H31ClN2/c1-19(21-7-4-3-5-8-21)17-26(16-14-23-9-6-15-25(23)2)18-20-10-12-22(24)13-11-20/h3-5,7-8,10-13,19,23H,6,9,14-18H2,1-2H3/t19-,23+/m1/s1. The molecule has 0 bridgehead atoms. The van der Waals surface area contributed by atoms with Gasteiger partial charge in [-0.2, -0.15) is 0 Å². The smallest absolute Gasteiger partial charge is 0.0406 e. The van der Waals surface area contributed by atoms with Crippen molar-refractivity contribution in [1.82, 2.24) is 9.80 Å². The molecule has 0 amide bonds. The van der Waals surface area contributed by atoms with E-state index in [0.29, 0.717) is 5.92 Å². The lowest BCUT2D eigenvalue weighted by molar-refractivity contribution is 0.210. The van der Waals surface area contributed by atoms with Gasteiger partial charge in [0.15, 0.2) is 0 Å². The summed E-state index contributed by atoms with van der Waals surface area (Å²) in [7, 11) is 2.27. The quantitative estimate of drug-likeness (QED) is 0.611. The first-order valence-corrected chi connectivity index (χ1v) is 10.2. The number of benzene rings is 2. The fourth-order valence-electron chi connectivity index (χ4n) is 4.03. The van der Waals surface area contributed by atoms with Crippen LogP contribution in [0.25, 0.3) is 0 Å². The molecule has 1 aliphatic rings. The highest BCUT2D eigenvalue weighted by Gasteiger charge is 2.22.